The maximum Gasteiger partial charge on any atom is 0.387 e. The number of carbonyl (C=O) groups is 1. The summed E-state index contributed by atoms with van der Waals surface area (Å²) in [6.07, 6.45) is 0.538. The highest BCUT2D eigenvalue weighted by atomic mass is 79.9. The van der Waals surface area contributed by atoms with Gasteiger partial charge in [-0.05, 0) is 6.07 Å². The molecule has 94 valence electrons. The largest absolute Gasteiger partial charge is 0.495 e. The first-order valence-corrected chi connectivity index (χ1v) is 5.70. The summed E-state index contributed by atoms with van der Waals surface area (Å²) in [5.74, 6) is 0.0342. The molecule has 0 radical (unpaired) electrons. The van der Waals surface area contributed by atoms with Crippen molar-refractivity contribution in [1.29, 1.82) is 0 Å². The highest BCUT2D eigenvalue weighted by Crippen LogP contribution is 2.38. The zero-order valence-corrected chi connectivity index (χ0v) is 11.0. The Morgan fingerprint density at radius 1 is 1.41 bits per heavy atom. The van der Waals surface area contributed by atoms with E-state index in [0.29, 0.717) is 6.29 Å². The highest BCUT2D eigenvalue weighted by Gasteiger charge is 2.19. The van der Waals surface area contributed by atoms with Gasteiger partial charge in [0.2, 0.25) is 0 Å². The van der Waals surface area contributed by atoms with E-state index in [4.69, 9.17) is 16.3 Å². The van der Waals surface area contributed by atoms with Crippen molar-refractivity contribution < 1.29 is 23.0 Å². The summed E-state index contributed by atoms with van der Waals surface area (Å²) in [5.41, 5.74) is 0.214. The van der Waals surface area contributed by atoms with Gasteiger partial charge in [-0.3, -0.25) is 0 Å². The molecule has 0 N–H and O–H groups in total. The molecule has 0 aliphatic heterocycles. The van der Waals surface area contributed by atoms with Gasteiger partial charge in [-0.2, -0.15) is 8.78 Å². The van der Waals surface area contributed by atoms with E-state index in [1.165, 1.54) is 19.2 Å². The highest BCUT2D eigenvalue weighted by molar-refractivity contribution is 9.09. The molecule has 0 unspecified atom stereocenters. The number of hydrogen-bond acceptors (Lipinski definition) is 3. The Morgan fingerprint density at radius 2 is 2.06 bits per heavy atom. The van der Waals surface area contributed by atoms with Crippen LogP contribution in [0.3, 0.4) is 0 Å². The molecule has 0 heterocycles. The Kier molecular flexibility index (Phi) is 5.14. The number of aldehydes is 1. The van der Waals surface area contributed by atoms with Gasteiger partial charge in [0.15, 0.2) is 0 Å². The van der Waals surface area contributed by atoms with Gasteiger partial charge in [-0.25, -0.2) is 0 Å². The van der Waals surface area contributed by atoms with Gasteiger partial charge < -0.3 is 14.3 Å². The number of methoxy groups -OCH3 is 1. The van der Waals surface area contributed by atoms with Crippen molar-refractivity contribution in [3.05, 3.63) is 22.7 Å². The lowest BCUT2D eigenvalue weighted by Crippen LogP contribution is -2.06. The van der Waals surface area contributed by atoms with Crippen molar-refractivity contribution in [2.75, 3.05) is 7.11 Å². The van der Waals surface area contributed by atoms with Crippen LogP contribution in [0.4, 0.5) is 8.78 Å². The monoisotopic (exact) mass is 328 g/mol. The molecule has 1 aromatic carbocycles. The Bertz CT molecular complexity index is 415. The second kappa shape index (κ2) is 6.16. The van der Waals surface area contributed by atoms with Gasteiger partial charge in [-0.1, -0.05) is 27.5 Å². The minimum Gasteiger partial charge on any atom is -0.495 e. The molecular weight excluding hydrogens is 321 g/mol. The summed E-state index contributed by atoms with van der Waals surface area (Å²) in [5, 5.41) is 0.204. The minimum atomic E-state index is -2.99. The molecule has 0 saturated heterocycles. The van der Waals surface area contributed by atoms with Gasteiger partial charge in [-0.15, -0.1) is 0 Å². The zero-order chi connectivity index (χ0) is 13.0. The Hall–Kier alpha value is -0.880. The summed E-state index contributed by atoms with van der Waals surface area (Å²) >= 11 is 8.85. The molecule has 0 saturated carbocycles. The van der Waals surface area contributed by atoms with Gasteiger partial charge in [0.1, 0.15) is 17.8 Å². The van der Waals surface area contributed by atoms with Gasteiger partial charge >= 0.3 is 6.61 Å². The molecule has 0 aromatic heterocycles. The van der Waals surface area contributed by atoms with Crippen molar-refractivity contribution in [3.63, 3.8) is 0 Å². The van der Waals surface area contributed by atoms with Crippen molar-refractivity contribution in [2.45, 2.75) is 11.4 Å². The van der Waals surface area contributed by atoms with Crippen molar-refractivity contribution in [3.8, 4) is 11.5 Å². The standard InChI is InChI=1S/C10H8BrClF2O3/c1-16-9-3-8(17-10(13)14)5(2-7(9)12)6(11)4-15/h2-4,6,10H,1H3/t6-/m1/s1. The van der Waals surface area contributed by atoms with Gasteiger partial charge in [0.05, 0.1) is 17.0 Å². The lowest BCUT2D eigenvalue weighted by molar-refractivity contribution is -0.107. The number of carbonyl (C=O) groups excluding carboxylic acids is 1. The lowest BCUT2D eigenvalue weighted by atomic mass is 10.1. The minimum absolute atomic E-state index is 0.157. The van der Waals surface area contributed by atoms with E-state index in [1.807, 2.05) is 0 Å². The maximum atomic E-state index is 12.2. The third-order valence-electron chi connectivity index (χ3n) is 1.92. The van der Waals surface area contributed by atoms with E-state index in [2.05, 4.69) is 20.7 Å². The third kappa shape index (κ3) is 3.54. The van der Waals surface area contributed by atoms with E-state index in [1.54, 1.807) is 0 Å². The first-order valence-electron chi connectivity index (χ1n) is 4.41. The predicted molar refractivity (Wildman–Crippen MR) is 62.4 cm³/mol. The molecule has 3 nitrogen and oxygen atoms in total. The maximum absolute atomic E-state index is 12.2. The van der Waals surface area contributed by atoms with Crippen molar-refractivity contribution in [1.82, 2.24) is 0 Å². The van der Waals surface area contributed by atoms with Crippen LogP contribution in [0.15, 0.2) is 12.1 Å². The Morgan fingerprint density at radius 3 is 2.53 bits per heavy atom. The SMILES string of the molecule is COc1cc(OC(F)F)c([C@H](Br)C=O)cc1Cl. The zero-order valence-electron chi connectivity index (χ0n) is 8.62. The summed E-state index contributed by atoms with van der Waals surface area (Å²) in [4.78, 5) is 9.87. The molecule has 0 fully saturated rings. The number of hydrogen-bond donors (Lipinski definition) is 0. The normalized spacial score (nSPS) is 12.4. The molecule has 0 spiro atoms. The quantitative estimate of drug-likeness (QED) is 0.612. The first-order chi connectivity index (χ1) is 7.99. The summed E-state index contributed by atoms with van der Waals surface area (Å²) in [6.45, 7) is -2.99. The molecule has 0 bridgehead atoms. The van der Waals surface area contributed by atoms with Crippen LogP contribution in [0.1, 0.15) is 10.4 Å². The van der Waals surface area contributed by atoms with Crippen LogP contribution in [0.2, 0.25) is 5.02 Å². The van der Waals surface area contributed by atoms with Crippen molar-refractivity contribution >= 4 is 33.8 Å². The van der Waals surface area contributed by atoms with Crippen LogP contribution in [0.5, 0.6) is 11.5 Å². The summed E-state index contributed by atoms with van der Waals surface area (Å²) < 4.78 is 33.6. The third-order valence-corrected chi connectivity index (χ3v) is 2.92. The predicted octanol–water partition coefficient (Wildman–Crippen LogP) is 3.58. The molecule has 1 aromatic rings. The first kappa shape index (κ1) is 14.2. The molecule has 1 atom stereocenters. The van der Waals surface area contributed by atoms with Crippen LogP contribution >= 0.6 is 27.5 Å². The summed E-state index contributed by atoms with van der Waals surface area (Å²) in [7, 11) is 1.35. The molecule has 7 heteroatoms. The topological polar surface area (TPSA) is 35.5 Å². The number of rotatable bonds is 5. The fourth-order valence-corrected chi connectivity index (χ4v) is 1.80. The number of benzene rings is 1. The second-order valence-corrected chi connectivity index (χ2v) is 4.33. The fourth-order valence-electron chi connectivity index (χ4n) is 1.19. The molecule has 17 heavy (non-hydrogen) atoms. The fraction of sp³-hybridized carbons (Fsp3) is 0.300. The van der Waals surface area contributed by atoms with Crippen LogP contribution in [0.25, 0.3) is 0 Å². The van der Waals surface area contributed by atoms with Crippen LogP contribution in [-0.2, 0) is 4.79 Å². The van der Waals surface area contributed by atoms with E-state index < -0.39 is 11.4 Å². The van der Waals surface area contributed by atoms with E-state index >= 15 is 0 Å². The van der Waals surface area contributed by atoms with E-state index in [0.717, 1.165) is 0 Å². The smallest absolute Gasteiger partial charge is 0.387 e. The molecular formula is C10H8BrClF2O3. The average molecular weight is 330 g/mol. The lowest BCUT2D eigenvalue weighted by Gasteiger charge is -2.14. The van der Waals surface area contributed by atoms with Crippen LogP contribution < -0.4 is 9.47 Å². The average Bonchev–Trinajstić information content (AvgIpc) is 2.29. The molecule has 0 aliphatic rings. The van der Waals surface area contributed by atoms with E-state index in [-0.39, 0.29) is 22.1 Å². The molecule has 0 aliphatic carbocycles. The number of halogens is 4. The van der Waals surface area contributed by atoms with Crippen LogP contribution in [0, 0.1) is 0 Å². The number of ether oxygens (including phenoxy) is 2. The number of alkyl halides is 3. The van der Waals surface area contributed by atoms with Gasteiger partial charge in [0.25, 0.3) is 0 Å². The van der Waals surface area contributed by atoms with E-state index in [9.17, 15) is 13.6 Å². The van der Waals surface area contributed by atoms with Crippen LogP contribution in [-0.4, -0.2) is 20.0 Å². The molecule has 1 rings (SSSR count). The summed E-state index contributed by atoms with van der Waals surface area (Å²) in [6, 6.07) is 2.55. The van der Waals surface area contributed by atoms with Gasteiger partial charge in [0, 0.05) is 11.6 Å². The Balaban J connectivity index is 3.25. The van der Waals surface area contributed by atoms with Crippen molar-refractivity contribution in [2.24, 2.45) is 0 Å². The molecule has 0 amide bonds. The second-order valence-electron chi connectivity index (χ2n) is 2.94. The Labute approximate surface area is 110 Å².